The summed E-state index contributed by atoms with van der Waals surface area (Å²) in [6, 6.07) is -20.4. The van der Waals surface area contributed by atoms with E-state index in [-0.39, 0.29) is 0 Å². The molecule has 9 aromatic rings. The van der Waals surface area contributed by atoms with Crippen molar-refractivity contribution in [3.63, 3.8) is 0 Å². The van der Waals surface area contributed by atoms with Crippen molar-refractivity contribution >= 4 is 49.4 Å². The Morgan fingerprint density at radius 2 is 1.15 bits per heavy atom. The Hall–Kier alpha value is -6.44. The van der Waals surface area contributed by atoms with E-state index >= 15 is 0 Å². The molecule has 1 unspecified atom stereocenters. The van der Waals surface area contributed by atoms with Gasteiger partial charge in [-0.05, 0) is 125 Å². The molecule has 2 aliphatic rings. The minimum Gasteiger partial charge on any atom is -0.310 e. The average molecular weight is 707 g/mol. The van der Waals surface area contributed by atoms with Crippen LogP contribution in [-0.4, -0.2) is 0 Å². The highest BCUT2D eigenvalue weighted by molar-refractivity contribution is 6.26. The Morgan fingerprint density at radius 3 is 2.00 bits per heavy atom. The standard InChI is InChI=1S/C52H37N/c1-52(2)49-23-13-12-22-44(49)45-27-25-37(30-50(45)52)53(36-24-26-39-35(29-36)28-34-16-6-7-17-38(34)39)51-32-48-43-21-11-9-19-41(43)40-18-8-10-20-42(40)47(48)31-46(51)33-14-4-3-5-15-33/h3-27,29-32H,28H2,1-2H3/i1D,2D3,4D,5D,8D,10D,11D,12D,13D,14D,15D,16D,17D,18D,19D,20D,21D,22D,23D,24D,25D,26D,27D,28D2,29D,30D,31D,32D. The van der Waals surface area contributed by atoms with Crippen LogP contribution in [0.25, 0.3) is 65.7 Å². The Morgan fingerprint density at radius 1 is 0.491 bits per heavy atom. The molecule has 9 aromatic carbocycles. The summed E-state index contributed by atoms with van der Waals surface area (Å²) < 4.78 is 290. The number of nitrogens with zero attached hydrogens (tertiary/aromatic N) is 1. The molecule has 11 rings (SSSR count). The highest BCUT2D eigenvalue weighted by Gasteiger charge is 2.36. The third-order valence-corrected chi connectivity index (χ3v) is 9.29. The van der Waals surface area contributed by atoms with Crippen molar-refractivity contribution in [1.29, 1.82) is 0 Å². The van der Waals surface area contributed by atoms with Gasteiger partial charge in [-0.3, -0.25) is 0 Å². The second-order valence-electron chi connectivity index (χ2n) is 12.3. The summed E-state index contributed by atoms with van der Waals surface area (Å²) >= 11 is 0. The molecule has 250 valence electrons. The van der Waals surface area contributed by atoms with E-state index in [1.807, 2.05) is 0 Å². The van der Waals surface area contributed by atoms with Gasteiger partial charge in [0.1, 0.15) is 0 Å². The van der Waals surface area contributed by atoms with Crippen molar-refractivity contribution in [2.24, 2.45) is 0 Å². The maximum absolute atomic E-state index is 10.7. The van der Waals surface area contributed by atoms with Crippen molar-refractivity contribution in [2.45, 2.75) is 25.5 Å². The molecule has 0 spiro atoms. The lowest BCUT2D eigenvalue weighted by atomic mass is 9.82. The fraction of sp³-hybridized carbons (Fsp3) is 0.0769. The van der Waals surface area contributed by atoms with E-state index in [1.54, 1.807) is 0 Å². The molecule has 0 saturated heterocycles. The zero-order valence-electron chi connectivity index (χ0n) is 58.0. The number of hydrogen-bond acceptors (Lipinski definition) is 1. The van der Waals surface area contributed by atoms with Crippen molar-refractivity contribution < 1.29 is 42.5 Å². The third-order valence-electron chi connectivity index (χ3n) is 9.29. The van der Waals surface area contributed by atoms with Gasteiger partial charge in [0.25, 0.3) is 0 Å². The van der Waals surface area contributed by atoms with Crippen LogP contribution >= 0.6 is 0 Å². The molecular weight excluding hydrogens is 639 g/mol. The lowest BCUT2D eigenvalue weighted by Gasteiger charge is -2.31. The van der Waals surface area contributed by atoms with Gasteiger partial charge in [0.2, 0.25) is 0 Å². The lowest BCUT2D eigenvalue weighted by molar-refractivity contribution is 0.660. The summed E-state index contributed by atoms with van der Waals surface area (Å²) in [6.07, 6.45) is -3.08. The molecule has 0 aliphatic heterocycles. The van der Waals surface area contributed by atoms with Crippen molar-refractivity contribution in [3.8, 4) is 33.4 Å². The molecule has 53 heavy (non-hydrogen) atoms. The van der Waals surface area contributed by atoms with E-state index in [9.17, 15) is 21.9 Å². The molecule has 0 fully saturated rings. The first kappa shape index (κ1) is 12.6. The predicted molar refractivity (Wildman–Crippen MR) is 225 cm³/mol. The van der Waals surface area contributed by atoms with Crippen molar-refractivity contribution in [1.82, 2.24) is 0 Å². The normalized spacial score (nSPS) is 24.8. The maximum atomic E-state index is 10.7. The molecule has 1 heteroatoms. The maximum Gasteiger partial charge on any atom is 0.0652 e. The molecular formula is C52H37N. The highest BCUT2D eigenvalue weighted by atomic mass is 15.1. The third kappa shape index (κ3) is 4.44. The van der Waals surface area contributed by atoms with Crippen LogP contribution in [0.4, 0.5) is 17.1 Å². The van der Waals surface area contributed by atoms with Gasteiger partial charge in [0, 0.05) is 30.6 Å². The number of rotatable bonds is 4. The Bertz CT molecular complexity index is 4600. The van der Waals surface area contributed by atoms with Gasteiger partial charge in [-0.1, -0.05) is 153 Å². The largest absolute Gasteiger partial charge is 0.310 e. The first-order valence-corrected chi connectivity index (χ1v) is 16.1. The van der Waals surface area contributed by atoms with E-state index in [2.05, 4.69) is 0 Å². The van der Waals surface area contributed by atoms with Gasteiger partial charge in [-0.25, -0.2) is 0 Å². The SMILES string of the molecule is [2H]CC1(C([2H])([2H])[2H])c2c([2H])c([2H])c([2H])c([2H])c2-c2c([2H])c([2H])c(N(c3c([2H])c([2H])c4c(c3[2H])C([2H])([2H])c3c([2H])ccc([2H])c3-4)c3c(-c4c([2H])c([2H])cc([2H])c4[2H])c([2H])c4c5c([2H])c([2H])c([2H])c([2H])c5c5c([2H])cc([2H])c([2H])c5c4c3[2H])c([2H])c21. The summed E-state index contributed by atoms with van der Waals surface area (Å²) in [6.45, 7) is -5.03. The first-order chi connectivity index (χ1) is 39.0. The quantitative estimate of drug-likeness (QED) is 0.165. The molecule has 0 saturated carbocycles. The van der Waals surface area contributed by atoms with Crippen LogP contribution in [0.1, 0.15) is 78.5 Å². The first-order valence-electron chi connectivity index (χ1n) is 31.8. The summed E-state index contributed by atoms with van der Waals surface area (Å²) in [7, 11) is 0. The van der Waals surface area contributed by atoms with Gasteiger partial charge < -0.3 is 4.90 Å². The summed E-state index contributed by atoms with van der Waals surface area (Å²) in [5.74, 6) is 0. The Kier molecular flexibility index (Phi) is 2.68. The van der Waals surface area contributed by atoms with E-state index in [0.29, 0.717) is 4.90 Å². The molecule has 0 amide bonds. The van der Waals surface area contributed by atoms with Crippen LogP contribution in [0.5, 0.6) is 0 Å². The summed E-state index contributed by atoms with van der Waals surface area (Å²) in [5, 5.41) is -3.88. The van der Waals surface area contributed by atoms with Crippen LogP contribution < -0.4 is 4.90 Å². The fourth-order valence-electron chi connectivity index (χ4n) is 6.95. The van der Waals surface area contributed by atoms with Gasteiger partial charge in [-0.2, -0.15) is 0 Å². The topological polar surface area (TPSA) is 3.24 Å². The van der Waals surface area contributed by atoms with Crippen molar-refractivity contribution in [3.05, 3.63) is 198 Å². The van der Waals surface area contributed by atoms with Crippen molar-refractivity contribution in [2.75, 3.05) is 4.90 Å². The van der Waals surface area contributed by atoms with E-state index in [1.165, 1.54) is 0 Å². The van der Waals surface area contributed by atoms with Gasteiger partial charge in [-0.15, -0.1) is 0 Å². The van der Waals surface area contributed by atoms with E-state index < -0.39 is 282 Å². The number of anilines is 3. The zero-order chi connectivity index (χ0) is 62.0. The molecule has 2 aliphatic carbocycles. The van der Waals surface area contributed by atoms with Crippen LogP contribution in [0.3, 0.4) is 0 Å². The Balaban J connectivity index is 1.51. The fourth-order valence-corrected chi connectivity index (χ4v) is 6.95. The second-order valence-corrected chi connectivity index (χ2v) is 12.3. The number of fused-ring (bicyclic) bond motifs is 12. The van der Waals surface area contributed by atoms with Crippen LogP contribution in [0.15, 0.2) is 175 Å². The van der Waals surface area contributed by atoms with Crippen LogP contribution in [-0.2, 0) is 11.8 Å². The molecule has 1 nitrogen and oxygen atoms in total. The number of hydrogen-bond donors (Lipinski definition) is 0. The molecule has 0 aromatic heterocycles. The average Bonchev–Trinajstić information content (AvgIpc) is 1.31. The summed E-state index contributed by atoms with van der Waals surface area (Å²) in [4.78, 5) is 0.390. The minimum atomic E-state index is -3.64. The Labute approximate surface area is 354 Å². The monoisotopic (exact) mass is 706 g/mol. The molecule has 0 heterocycles. The predicted octanol–water partition coefficient (Wildman–Crippen LogP) is 14.2. The minimum absolute atomic E-state index is 0.390. The van der Waals surface area contributed by atoms with E-state index in [0.717, 1.165) is 24.3 Å². The number of benzene rings is 9. The van der Waals surface area contributed by atoms with Gasteiger partial charge in [0.15, 0.2) is 0 Å². The van der Waals surface area contributed by atoms with Gasteiger partial charge >= 0.3 is 0 Å². The van der Waals surface area contributed by atoms with Crippen LogP contribution in [0, 0.1) is 0 Å². The second kappa shape index (κ2) is 11.3. The van der Waals surface area contributed by atoms with Crippen LogP contribution in [0.2, 0.25) is 0 Å². The molecule has 0 N–H and O–H groups in total. The molecule has 0 radical (unpaired) electrons. The van der Waals surface area contributed by atoms with Gasteiger partial charge in [0.05, 0.1) is 40.0 Å². The highest BCUT2D eigenvalue weighted by Crippen LogP contribution is 2.52. The molecule has 0 bridgehead atoms. The lowest BCUT2D eigenvalue weighted by Crippen LogP contribution is -2.17. The van der Waals surface area contributed by atoms with E-state index in [4.69, 9.17) is 20.6 Å². The summed E-state index contributed by atoms with van der Waals surface area (Å²) in [5.41, 5.74) is -14.4. The zero-order valence-corrected chi connectivity index (χ0v) is 27.0. The smallest absolute Gasteiger partial charge is 0.0652 e. The molecule has 1 atom stereocenters.